The highest BCUT2D eigenvalue weighted by atomic mass is 79.9. The van der Waals surface area contributed by atoms with E-state index in [1.54, 1.807) is 0 Å². The fourth-order valence-corrected chi connectivity index (χ4v) is 3.24. The maximum absolute atomic E-state index is 3.70. The standard InChI is InChI=1S/C16H25BrN2/c1-4-15-9-18-16(12(2)3)11-19(15)10-13-6-5-7-14(17)8-13/h5-8,12,15-16,18H,4,9-11H2,1-3H3. The molecule has 1 fully saturated rings. The topological polar surface area (TPSA) is 15.3 Å². The molecule has 2 atom stereocenters. The predicted octanol–water partition coefficient (Wildman–Crippen LogP) is 3.66. The number of nitrogens with zero attached hydrogens (tertiary/aromatic N) is 1. The fourth-order valence-electron chi connectivity index (χ4n) is 2.80. The van der Waals surface area contributed by atoms with Gasteiger partial charge in [0.05, 0.1) is 0 Å². The van der Waals surface area contributed by atoms with Gasteiger partial charge in [0.15, 0.2) is 0 Å². The molecule has 0 spiro atoms. The van der Waals surface area contributed by atoms with Gasteiger partial charge in [-0.3, -0.25) is 4.90 Å². The summed E-state index contributed by atoms with van der Waals surface area (Å²) < 4.78 is 1.17. The highest BCUT2D eigenvalue weighted by Gasteiger charge is 2.28. The second-order valence-corrected chi connectivity index (χ2v) is 6.80. The Balaban J connectivity index is 2.06. The van der Waals surface area contributed by atoms with E-state index in [2.05, 4.69) is 71.2 Å². The van der Waals surface area contributed by atoms with Crippen molar-refractivity contribution >= 4 is 15.9 Å². The molecular formula is C16H25BrN2. The summed E-state index contributed by atoms with van der Waals surface area (Å²) in [5.41, 5.74) is 1.40. The van der Waals surface area contributed by atoms with E-state index in [1.165, 1.54) is 16.5 Å². The van der Waals surface area contributed by atoms with Crippen LogP contribution < -0.4 is 5.32 Å². The first-order chi connectivity index (χ1) is 9.10. The Morgan fingerprint density at radius 1 is 1.42 bits per heavy atom. The van der Waals surface area contributed by atoms with Gasteiger partial charge in [-0.1, -0.05) is 48.8 Å². The van der Waals surface area contributed by atoms with Crippen LogP contribution >= 0.6 is 15.9 Å². The van der Waals surface area contributed by atoms with Gasteiger partial charge in [-0.2, -0.15) is 0 Å². The Morgan fingerprint density at radius 3 is 2.84 bits per heavy atom. The van der Waals surface area contributed by atoms with Crippen LogP contribution in [-0.2, 0) is 6.54 Å². The predicted molar refractivity (Wildman–Crippen MR) is 85.3 cm³/mol. The molecule has 0 aliphatic carbocycles. The van der Waals surface area contributed by atoms with Crippen LogP contribution in [0.15, 0.2) is 28.7 Å². The average molecular weight is 325 g/mol. The molecule has 0 radical (unpaired) electrons. The van der Waals surface area contributed by atoms with E-state index in [0.29, 0.717) is 18.0 Å². The number of hydrogen-bond acceptors (Lipinski definition) is 2. The molecule has 0 saturated carbocycles. The van der Waals surface area contributed by atoms with Crippen LogP contribution in [0, 0.1) is 5.92 Å². The summed E-state index contributed by atoms with van der Waals surface area (Å²) in [6, 6.07) is 9.96. The zero-order valence-electron chi connectivity index (χ0n) is 12.2. The molecule has 1 saturated heterocycles. The highest BCUT2D eigenvalue weighted by molar-refractivity contribution is 9.10. The molecule has 2 nitrogen and oxygen atoms in total. The van der Waals surface area contributed by atoms with Gasteiger partial charge in [-0.05, 0) is 30.0 Å². The molecule has 0 amide bonds. The Hall–Kier alpha value is -0.380. The molecule has 0 aromatic heterocycles. The molecule has 1 aliphatic rings. The molecule has 1 N–H and O–H groups in total. The lowest BCUT2D eigenvalue weighted by Crippen LogP contribution is -2.57. The summed E-state index contributed by atoms with van der Waals surface area (Å²) in [6.45, 7) is 10.2. The SMILES string of the molecule is CCC1CNC(C(C)C)CN1Cc1cccc(Br)c1. The first-order valence-electron chi connectivity index (χ1n) is 7.32. The number of rotatable bonds is 4. The molecular weight excluding hydrogens is 300 g/mol. The van der Waals surface area contributed by atoms with Gasteiger partial charge in [-0.25, -0.2) is 0 Å². The summed E-state index contributed by atoms with van der Waals surface area (Å²) in [7, 11) is 0. The molecule has 1 aromatic carbocycles. The Kier molecular flexibility index (Phi) is 5.43. The van der Waals surface area contributed by atoms with Crippen LogP contribution in [0.2, 0.25) is 0 Å². The summed E-state index contributed by atoms with van der Waals surface area (Å²) in [5, 5.41) is 3.70. The van der Waals surface area contributed by atoms with Crippen molar-refractivity contribution in [1.82, 2.24) is 10.2 Å². The van der Waals surface area contributed by atoms with Gasteiger partial charge in [0.2, 0.25) is 0 Å². The second kappa shape index (κ2) is 6.87. The van der Waals surface area contributed by atoms with Gasteiger partial charge < -0.3 is 5.32 Å². The Labute approximate surface area is 125 Å². The molecule has 106 valence electrons. The third-order valence-corrected chi connectivity index (χ3v) is 4.61. The zero-order valence-corrected chi connectivity index (χ0v) is 13.8. The third kappa shape index (κ3) is 4.04. The van der Waals surface area contributed by atoms with E-state index >= 15 is 0 Å². The normalized spacial score (nSPS) is 24.9. The second-order valence-electron chi connectivity index (χ2n) is 5.88. The van der Waals surface area contributed by atoms with Crippen LogP contribution in [0.25, 0.3) is 0 Å². The first kappa shape index (κ1) is 15.0. The van der Waals surface area contributed by atoms with Gasteiger partial charge in [0.1, 0.15) is 0 Å². The van der Waals surface area contributed by atoms with E-state index < -0.39 is 0 Å². The van der Waals surface area contributed by atoms with Crippen molar-refractivity contribution in [2.24, 2.45) is 5.92 Å². The van der Waals surface area contributed by atoms with Crippen LogP contribution in [0.4, 0.5) is 0 Å². The largest absolute Gasteiger partial charge is 0.311 e. The summed E-state index contributed by atoms with van der Waals surface area (Å²) in [5.74, 6) is 0.697. The van der Waals surface area contributed by atoms with E-state index in [1.807, 2.05) is 0 Å². The third-order valence-electron chi connectivity index (χ3n) is 4.11. The molecule has 3 heteroatoms. The number of halogens is 1. The van der Waals surface area contributed by atoms with Crippen LogP contribution in [0.5, 0.6) is 0 Å². The molecule has 1 aliphatic heterocycles. The van der Waals surface area contributed by atoms with Crippen molar-refractivity contribution in [2.45, 2.75) is 45.8 Å². The van der Waals surface area contributed by atoms with E-state index in [0.717, 1.165) is 19.6 Å². The lowest BCUT2D eigenvalue weighted by atomic mass is 9.98. The minimum Gasteiger partial charge on any atom is -0.311 e. The smallest absolute Gasteiger partial charge is 0.0238 e. The van der Waals surface area contributed by atoms with Crippen LogP contribution in [-0.4, -0.2) is 30.1 Å². The number of hydrogen-bond donors (Lipinski definition) is 1. The van der Waals surface area contributed by atoms with Gasteiger partial charge in [-0.15, -0.1) is 0 Å². The van der Waals surface area contributed by atoms with Crippen molar-refractivity contribution in [2.75, 3.05) is 13.1 Å². The van der Waals surface area contributed by atoms with E-state index in [4.69, 9.17) is 0 Å². The minimum atomic E-state index is 0.620. The number of piperazine rings is 1. The van der Waals surface area contributed by atoms with Gasteiger partial charge in [0.25, 0.3) is 0 Å². The minimum absolute atomic E-state index is 0.620. The van der Waals surface area contributed by atoms with Crippen molar-refractivity contribution in [1.29, 1.82) is 0 Å². The molecule has 1 heterocycles. The first-order valence-corrected chi connectivity index (χ1v) is 8.11. The quantitative estimate of drug-likeness (QED) is 0.909. The maximum atomic E-state index is 3.70. The maximum Gasteiger partial charge on any atom is 0.0238 e. The lowest BCUT2D eigenvalue weighted by Gasteiger charge is -2.41. The van der Waals surface area contributed by atoms with Crippen LogP contribution in [0.3, 0.4) is 0 Å². The molecule has 0 bridgehead atoms. The summed E-state index contributed by atoms with van der Waals surface area (Å²) >= 11 is 3.56. The summed E-state index contributed by atoms with van der Waals surface area (Å²) in [6.07, 6.45) is 1.21. The van der Waals surface area contributed by atoms with Crippen molar-refractivity contribution in [3.05, 3.63) is 34.3 Å². The molecule has 19 heavy (non-hydrogen) atoms. The lowest BCUT2D eigenvalue weighted by molar-refractivity contribution is 0.103. The Bertz CT molecular complexity index is 405. The molecule has 2 unspecified atom stereocenters. The van der Waals surface area contributed by atoms with E-state index in [-0.39, 0.29) is 0 Å². The number of nitrogens with one attached hydrogen (secondary N) is 1. The fraction of sp³-hybridized carbons (Fsp3) is 0.625. The zero-order chi connectivity index (χ0) is 13.8. The molecule has 1 aromatic rings. The molecule has 2 rings (SSSR count). The van der Waals surface area contributed by atoms with Gasteiger partial charge >= 0.3 is 0 Å². The van der Waals surface area contributed by atoms with E-state index in [9.17, 15) is 0 Å². The Morgan fingerprint density at radius 2 is 2.21 bits per heavy atom. The van der Waals surface area contributed by atoms with Crippen molar-refractivity contribution < 1.29 is 0 Å². The van der Waals surface area contributed by atoms with Crippen molar-refractivity contribution in [3.63, 3.8) is 0 Å². The van der Waals surface area contributed by atoms with Crippen molar-refractivity contribution in [3.8, 4) is 0 Å². The number of benzene rings is 1. The summed E-state index contributed by atoms with van der Waals surface area (Å²) in [4.78, 5) is 2.64. The van der Waals surface area contributed by atoms with Crippen LogP contribution in [0.1, 0.15) is 32.8 Å². The average Bonchev–Trinajstić information content (AvgIpc) is 2.38. The monoisotopic (exact) mass is 324 g/mol. The highest BCUT2D eigenvalue weighted by Crippen LogP contribution is 2.19. The van der Waals surface area contributed by atoms with Gasteiger partial charge in [0, 0.05) is 36.2 Å².